The lowest BCUT2D eigenvalue weighted by Gasteiger charge is -2.18. The van der Waals surface area contributed by atoms with E-state index in [9.17, 15) is 14.0 Å². The minimum atomic E-state index is -0.937. The Bertz CT molecular complexity index is 519. The van der Waals surface area contributed by atoms with Crippen molar-refractivity contribution < 1.29 is 23.8 Å². The maximum Gasteiger partial charge on any atom is 0.308 e. The van der Waals surface area contributed by atoms with Gasteiger partial charge in [0.2, 0.25) is 0 Å². The Hall–Kier alpha value is -2.11. The van der Waals surface area contributed by atoms with Crippen LogP contribution in [0.2, 0.25) is 0 Å². The summed E-state index contributed by atoms with van der Waals surface area (Å²) in [4.78, 5) is 23.0. The zero-order valence-electron chi connectivity index (χ0n) is 13.0. The second kappa shape index (κ2) is 8.36. The summed E-state index contributed by atoms with van der Waals surface area (Å²) in [5.74, 6) is -1.98. The summed E-state index contributed by atoms with van der Waals surface area (Å²) in [6, 6.07) is 5.49. The maximum atomic E-state index is 13.0. The number of benzene rings is 1. The smallest absolute Gasteiger partial charge is 0.308 e. The molecule has 0 bridgehead atoms. The number of nitrogens with one attached hydrogen (secondary N) is 1. The molecule has 0 radical (unpaired) electrons. The highest BCUT2D eigenvalue weighted by atomic mass is 19.1. The fourth-order valence-electron chi connectivity index (χ4n) is 2.01. The highest BCUT2D eigenvalue weighted by Gasteiger charge is 2.22. The number of hydrogen-bond donors (Lipinski definition) is 2. The summed E-state index contributed by atoms with van der Waals surface area (Å²) in [6.45, 7) is 5.42. The zero-order chi connectivity index (χ0) is 16.7. The Kier molecular flexibility index (Phi) is 6.82. The first-order chi connectivity index (χ1) is 10.3. The van der Waals surface area contributed by atoms with Gasteiger partial charge in [0.05, 0.1) is 5.92 Å². The number of ether oxygens (including phenoxy) is 1. The number of aliphatic carboxylic acids is 1. The molecule has 2 atom stereocenters. The van der Waals surface area contributed by atoms with Gasteiger partial charge in [0, 0.05) is 12.6 Å². The van der Waals surface area contributed by atoms with Crippen LogP contribution in [0, 0.1) is 17.7 Å². The quantitative estimate of drug-likeness (QED) is 0.773. The molecule has 2 unspecified atom stereocenters. The van der Waals surface area contributed by atoms with E-state index >= 15 is 0 Å². The van der Waals surface area contributed by atoms with Crippen molar-refractivity contribution in [2.75, 3.05) is 6.54 Å². The zero-order valence-corrected chi connectivity index (χ0v) is 13.0. The third-order valence-electron chi connectivity index (χ3n) is 3.11. The maximum absolute atomic E-state index is 13.0. The fourth-order valence-corrected chi connectivity index (χ4v) is 2.01. The minimum absolute atomic E-state index is 0.0448. The predicted octanol–water partition coefficient (Wildman–Crippen LogP) is 2.46. The van der Waals surface area contributed by atoms with Crippen molar-refractivity contribution in [2.45, 2.75) is 33.3 Å². The molecule has 5 nitrogen and oxygen atoms in total. The van der Waals surface area contributed by atoms with E-state index in [4.69, 9.17) is 9.84 Å². The van der Waals surface area contributed by atoms with Crippen molar-refractivity contribution in [1.29, 1.82) is 0 Å². The van der Waals surface area contributed by atoms with E-state index in [2.05, 4.69) is 5.32 Å². The van der Waals surface area contributed by atoms with Crippen LogP contribution in [0.15, 0.2) is 24.3 Å². The predicted molar refractivity (Wildman–Crippen MR) is 80.1 cm³/mol. The van der Waals surface area contributed by atoms with Gasteiger partial charge in [-0.15, -0.1) is 0 Å². The number of hydrogen-bond acceptors (Lipinski definition) is 3. The molecule has 0 saturated carbocycles. The Morgan fingerprint density at radius 2 is 2.00 bits per heavy atom. The van der Waals surface area contributed by atoms with E-state index < -0.39 is 29.7 Å². The number of amides is 1. The standard InChI is InChI=1S/C16H22FNO4/c1-10(2)7-12(16(20)21)9-18-15(19)11(3)22-14-6-4-5-13(17)8-14/h4-6,8,10-12H,7,9H2,1-3H3,(H,18,19)(H,20,21). The highest BCUT2D eigenvalue weighted by molar-refractivity contribution is 5.81. The van der Waals surface area contributed by atoms with Crippen LogP contribution in [0.25, 0.3) is 0 Å². The summed E-state index contributed by atoms with van der Waals surface area (Å²) in [7, 11) is 0. The number of carbonyl (C=O) groups is 2. The van der Waals surface area contributed by atoms with Crippen LogP contribution in [0.5, 0.6) is 5.75 Å². The van der Waals surface area contributed by atoms with Crippen LogP contribution in [-0.4, -0.2) is 29.6 Å². The lowest BCUT2D eigenvalue weighted by Crippen LogP contribution is -2.40. The molecule has 0 aliphatic heterocycles. The lowest BCUT2D eigenvalue weighted by atomic mass is 9.97. The van der Waals surface area contributed by atoms with E-state index in [-0.39, 0.29) is 18.2 Å². The second-order valence-corrected chi connectivity index (χ2v) is 5.63. The van der Waals surface area contributed by atoms with Gasteiger partial charge >= 0.3 is 5.97 Å². The molecule has 0 saturated heterocycles. The molecule has 122 valence electrons. The fraction of sp³-hybridized carbons (Fsp3) is 0.500. The van der Waals surface area contributed by atoms with Crippen LogP contribution in [0.4, 0.5) is 4.39 Å². The van der Waals surface area contributed by atoms with E-state index in [0.717, 1.165) is 0 Å². The van der Waals surface area contributed by atoms with Gasteiger partial charge in [-0.3, -0.25) is 9.59 Å². The molecule has 1 aromatic carbocycles. The third kappa shape index (κ3) is 6.11. The van der Waals surface area contributed by atoms with Crippen molar-refractivity contribution >= 4 is 11.9 Å². The van der Waals surface area contributed by atoms with Gasteiger partial charge in [0.15, 0.2) is 6.10 Å². The topological polar surface area (TPSA) is 75.6 Å². The second-order valence-electron chi connectivity index (χ2n) is 5.63. The van der Waals surface area contributed by atoms with Gasteiger partial charge < -0.3 is 15.2 Å². The third-order valence-corrected chi connectivity index (χ3v) is 3.11. The Morgan fingerprint density at radius 3 is 2.55 bits per heavy atom. The summed E-state index contributed by atoms with van der Waals surface area (Å²) in [6.07, 6.45) is -0.357. The summed E-state index contributed by atoms with van der Waals surface area (Å²) < 4.78 is 18.4. The van der Waals surface area contributed by atoms with E-state index in [1.807, 2.05) is 13.8 Å². The monoisotopic (exact) mass is 311 g/mol. The molecule has 2 N–H and O–H groups in total. The van der Waals surface area contributed by atoms with Crippen LogP contribution in [0.3, 0.4) is 0 Å². The number of carbonyl (C=O) groups excluding carboxylic acids is 1. The molecule has 0 aliphatic carbocycles. The first kappa shape index (κ1) is 17.9. The van der Waals surface area contributed by atoms with E-state index in [1.165, 1.54) is 25.1 Å². The number of halogens is 1. The molecule has 0 aliphatic rings. The first-order valence-electron chi connectivity index (χ1n) is 7.22. The van der Waals surface area contributed by atoms with Gasteiger partial charge in [-0.1, -0.05) is 19.9 Å². The molecule has 6 heteroatoms. The van der Waals surface area contributed by atoms with Gasteiger partial charge in [-0.2, -0.15) is 0 Å². The molecule has 22 heavy (non-hydrogen) atoms. The Labute approximate surface area is 129 Å². The summed E-state index contributed by atoms with van der Waals surface area (Å²) in [5, 5.41) is 11.7. The van der Waals surface area contributed by atoms with Crippen molar-refractivity contribution in [1.82, 2.24) is 5.32 Å². The lowest BCUT2D eigenvalue weighted by molar-refractivity contribution is -0.142. The first-order valence-corrected chi connectivity index (χ1v) is 7.22. The molecule has 0 fully saturated rings. The molecule has 1 aromatic rings. The number of carboxylic acids is 1. The van der Waals surface area contributed by atoms with Crippen LogP contribution in [0.1, 0.15) is 27.2 Å². The average molecular weight is 311 g/mol. The molecule has 0 heterocycles. The largest absolute Gasteiger partial charge is 0.481 e. The van der Waals surface area contributed by atoms with Crippen molar-refractivity contribution in [3.8, 4) is 5.75 Å². The van der Waals surface area contributed by atoms with E-state index in [0.29, 0.717) is 6.42 Å². The SMILES string of the molecule is CC(C)CC(CNC(=O)C(C)Oc1cccc(F)c1)C(=O)O. The van der Waals surface area contributed by atoms with Crippen LogP contribution in [-0.2, 0) is 9.59 Å². The van der Waals surface area contributed by atoms with Crippen molar-refractivity contribution in [3.05, 3.63) is 30.1 Å². The van der Waals surface area contributed by atoms with Gasteiger partial charge in [-0.25, -0.2) is 4.39 Å². The molecular weight excluding hydrogens is 289 g/mol. The van der Waals surface area contributed by atoms with Crippen molar-refractivity contribution in [2.24, 2.45) is 11.8 Å². The van der Waals surface area contributed by atoms with E-state index in [1.54, 1.807) is 6.07 Å². The van der Waals surface area contributed by atoms with Gasteiger partial charge in [-0.05, 0) is 31.4 Å². The molecule has 1 amide bonds. The molecular formula is C16H22FNO4. The Morgan fingerprint density at radius 1 is 1.32 bits per heavy atom. The van der Waals surface area contributed by atoms with Crippen LogP contribution < -0.4 is 10.1 Å². The number of carboxylic acid groups (broad SMARTS) is 1. The number of rotatable bonds is 8. The molecule has 0 aromatic heterocycles. The summed E-state index contributed by atoms with van der Waals surface area (Å²) >= 11 is 0. The summed E-state index contributed by atoms with van der Waals surface area (Å²) in [5.41, 5.74) is 0. The van der Waals surface area contributed by atoms with Gasteiger partial charge in [0.1, 0.15) is 11.6 Å². The highest BCUT2D eigenvalue weighted by Crippen LogP contribution is 2.14. The molecule has 1 rings (SSSR count). The van der Waals surface area contributed by atoms with Crippen molar-refractivity contribution in [3.63, 3.8) is 0 Å². The average Bonchev–Trinajstić information content (AvgIpc) is 2.42. The van der Waals surface area contributed by atoms with Crippen LogP contribution >= 0.6 is 0 Å². The van der Waals surface area contributed by atoms with Gasteiger partial charge in [0.25, 0.3) is 5.91 Å². The Balaban J connectivity index is 2.51. The molecule has 0 spiro atoms. The normalized spacial score (nSPS) is 13.5. The minimum Gasteiger partial charge on any atom is -0.481 e.